The maximum Gasteiger partial charge on any atom is 0.418 e. The van der Waals surface area contributed by atoms with Crippen molar-refractivity contribution in [3.8, 4) is 6.01 Å². The van der Waals surface area contributed by atoms with Gasteiger partial charge in [-0.25, -0.2) is 9.97 Å². The number of aromatic nitrogens is 2. The molecule has 0 spiro atoms. The predicted octanol–water partition coefficient (Wildman–Crippen LogP) is 5.23. The zero-order valence-electron chi connectivity index (χ0n) is 17.6. The molecule has 2 rings (SSSR count). The molecule has 2 aromatic rings. The molecule has 1 aromatic heterocycles. The third-order valence-electron chi connectivity index (χ3n) is 4.56. The molecule has 1 unspecified atom stereocenters. The first-order chi connectivity index (χ1) is 14.7. The summed E-state index contributed by atoms with van der Waals surface area (Å²) in [6.07, 6.45) is -3.59. The van der Waals surface area contributed by atoms with Crippen LogP contribution >= 0.6 is 0 Å². The Kier molecular flexibility index (Phi) is 8.61. The first kappa shape index (κ1) is 24.4. The van der Waals surface area contributed by atoms with Crippen LogP contribution in [-0.2, 0) is 9.53 Å². The Morgan fingerprint density at radius 1 is 1.16 bits per heavy atom. The highest BCUT2D eigenvalue weighted by Gasteiger charge is 2.43. The van der Waals surface area contributed by atoms with Crippen molar-refractivity contribution in [3.63, 3.8) is 0 Å². The Morgan fingerprint density at radius 3 is 2.35 bits per heavy atom. The van der Waals surface area contributed by atoms with Crippen molar-refractivity contribution < 1.29 is 32.5 Å². The Bertz CT molecular complexity index is 860. The normalized spacial score (nSPS) is 13.5. The third-order valence-corrected chi connectivity index (χ3v) is 4.56. The number of carbonyl (C=O) groups is 1. The Balaban J connectivity index is 2.49. The van der Waals surface area contributed by atoms with Gasteiger partial charge in [0.15, 0.2) is 6.10 Å². The molecule has 2 N–H and O–H groups in total. The topological polar surface area (TPSA) is 93.6 Å². The standard InChI is InChI=1S/C21H26F3N3O4/c1-4-13(10-18(28)29)14-7-8-16(19(30-5-2)21(22,23)24)17(9-14)27-15-11-25-20(26-12-15)31-6-3/h7-9,11-13,19,27H,4-6,10H2,1-3H3,(H,28,29)/t13?,19-/m0/s1. The number of rotatable bonds is 11. The summed E-state index contributed by atoms with van der Waals surface area (Å²) in [5.41, 5.74) is 0.994. The smallest absolute Gasteiger partial charge is 0.418 e. The highest BCUT2D eigenvalue weighted by atomic mass is 19.4. The van der Waals surface area contributed by atoms with E-state index in [-0.39, 0.29) is 36.2 Å². The molecule has 7 nitrogen and oxygen atoms in total. The number of carboxylic acid groups (broad SMARTS) is 1. The molecule has 0 bridgehead atoms. The number of alkyl halides is 3. The van der Waals surface area contributed by atoms with E-state index in [9.17, 15) is 18.0 Å². The monoisotopic (exact) mass is 441 g/mol. The van der Waals surface area contributed by atoms with Crippen LogP contribution in [0.1, 0.15) is 56.8 Å². The highest BCUT2D eigenvalue weighted by molar-refractivity contribution is 5.69. The minimum absolute atomic E-state index is 0.114. The summed E-state index contributed by atoms with van der Waals surface area (Å²) in [4.78, 5) is 19.2. The average molecular weight is 441 g/mol. The lowest BCUT2D eigenvalue weighted by Gasteiger charge is -2.25. The van der Waals surface area contributed by atoms with Gasteiger partial charge in [0.25, 0.3) is 0 Å². The van der Waals surface area contributed by atoms with Crippen LogP contribution in [0, 0.1) is 0 Å². The number of benzene rings is 1. The summed E-state index contributed by atoms with van der Waals surface area (Å²) >= 11 is 0. The number of hydrogen-bond acceptors (Lipinski definition) is 6. The fraction of sp³-hybridized carbons (Fsp3) is 0.476. The molecule has 0 saturated carbocycles. The van der Waals surface area contributed by atoms with Gasteiger partial charge in [0.1, 0.15) is 0 Å². The summed E-state index contributed by atoms with van der Waals surface area (Å²) < 4.78 is 51.2. The summed E-state index contributed by atoms with van der Waals surface area (Å²) in [5.74, 6) is -1.33. The molecular weight excluding hydrogens is 415 g/mol. The lowest BCUT2D eigenvalue weighted by Crippen LogP contribution is -2.24. The van der Waals surface area contributed by atoms with E-state index in [1.807, 2.05) is 6.92 Å². The number of aliphatic carboxylic acids is 1. The van der Waals surface area contributed by atoms with Gasteiger partial charge in [-0.3, -0.25) is 4.79 Å². The summed E-state index contributed by atoms with van der Waals surface area (Å²) in [6.45, 7) is 5.34. The number of hydrogen-bond donors (Lipinski definition) is 2. The number of carboxylic acids is 1. The van der Waals surface area contributed by atoms with E-state index in [1.165, 1.54) is 37.5 Å². The molecule has 0 aliphatic carbocycles. The molecule has 10 heteroatoms. The predicted molar refractivity (Wildman–Crippen MR) is 109 cm³/mol. The van der Waals surface area contributed by atoms with Gasteiger partial charge in [-0.05, 0) is 37.8 Å². The van der Waals surface area contributed by atoms with Crippen molar-refractivity contribution in [1.82, 2.24) is 9.97 Å². The van der Waals surface area contributed by atoms with Gasteiger partial charge < -0.3 is 19.9 Å². The summed E-state index contributed by atoms with van der Waals surface area (Å²) in [5, 5.41) is 12.1. The SMILES string of the molecule is CCOc1ncc(Nc2cc(C(CC)CC(=O)O)ccc2[C@H](OCC)C(F)(F)F)cn1. The van der Waals surface area contributed by atoms with Gasteiger partial charge in [0, 0.05) is 17.9 Å². The fourth-order valence-electron chi connectivity index (χ4n) is 3.14. The van der Waals surface area contributed by atoms with Crippen molar-refractivity contribution in [2.24, 2.45) is 0 Å². The molecule has 2 atom stereocenters. The van der Waals surface area contributed by atoms with Crippen LogP contribution in [0.5, 0.6) is 6.01 Å². The Morgan fingerprint density at radius 2 is 1.84 bits per heavy atom. The number of anilines is 2. The van der Waals surface area contributed by atoms with Crippen LogP contribution in [0.3, 0.4) is 0 Å². The molecule has 1 heterocycles. The van der Waals surface area contributed by atoms with E-state index in [2.05, 4.69) is 15.3 Å². The van der Waals surface area contributed by atoms with Crippen LogP contribution in [0.2, 0.25) is 0 Å². The van der Waals surface area contributed by atoms with Gasteiger partial charge in [-0.2, -0.15) is 13.2 Å². The second-order valence-corrected chi connectivity index (χ2v) is 6.74. The van der Waals surface area contributed by atoms with Gasteiger partial charge in [0.2, 0.25) is 0 Å². The number of ether oxygens (including phenoxy) is 2. The Hall–Kier alpha value is -2.88. The largest absolute Gasteiger partial charge is 0.481 e. The second kappa shape index (κ2) is 10.9. The molecular formula is C21H26F3N3O4. The molecule has 31 heavy (non-hydrogen) atoms. The highest BCUT2D eigenvalue weighted by Crippen LogP contribution is 2.41. The Labute approximate surface area is 178 Å². The van der Waals surface area contributed by atoms with Crippen LogP contribution < -0.4 is 10.1 Å². The lowest BCUT2D eigenvalue weighted by molar-refractivity contribution is -0.222. The fourth-order valence-corrected chi connectivity index (χ4v) is 3.14. The van der Waals surface area contributed by atoms with Crippen molar-refractivity contribution in [2.45, 2.75) is 51.8 Å². The molecule has 0 amide bonds. The van der Waals surface area contributed by atoms with Crippen molar-refractivity contribution in [3.05, 3.63) is 41.7 Å². The first-order valence-electron chi connectivity index (χ1n) is 9.95. The maximum absolute atomic E-state index is 13.7. The first-order valence-corrected chi connectivity index (χ1v) is 9.95. The van der Waals surface area contributed by atoms with Gasteiger partial charge >= 0.3 is 18.2 Å². The molecule has 1 aromatic carbocycles. The molecule has 0 aliphatic heterocycles. The number of halogens is 3. The maximum atomic E-state index is 13.7. The molecule has 0 aliphatic rings. The van der Waals surface area contributed by atoms with Gasteiger partial charge in [-0.1, -0.05) is 19.1 Å². The molecule has 0 saturated heterocycles. The van der Waals surface area contributed by atoms with E-state index < -0.39 is 18.2 Å². The number of nitrogens with one attached hydrogen (secondary N) is 1. The van der Waals surface area contributed by atoms with Crippen LogP contribution in [0.25, 0.3) is 0 Å². The zero-order valence-corrected chi connectivity index (χ0v) is 17.6. The minimum Gasteiger partial charge on any atom is -0.481 e. The summed E-state index contributed by atoms with van der Waals surface area (Å²) in [6, 6.07) is 4.52. The molecule has 0 fully saturated rings. The van der Waals surface area contributed by atoms with E-state index in [0.717, 1.165) is 0 Å². The van der Waals surface area contributed by atoms with Gasteiger partial charge in [0.05, 0.1) is 31.1 Å². The molecule has 0 radical (unpaired) electrons. The second-order valence-electron chi connectivity index (χ2n) is 6.74. The van der Waals surface area contributed by atoms with E-state index in [0.29, 0.717) is 24.3 Å². The van der Waals surface area contributed by atoms with Crippen LogP contribution in [0.15, 0.2) is 30.6 Å². The van der Waals surface area contributed by atoms with Gasteiger partial charge in [-0.15, -0.1) is 0 Å². The van der Waals surface area contributed by atoms with Crippen LogP contribution in [-0.4, -0.2) is 40.4 Å². The van der Waals surface area contributed by atoms with Crippen molar-refractivity contribution in [2.75, 3.05) is 18.5 Å². The zero-order chi connectivity index (χ0) is 23.0. The molecule has 170 valence electrons. The lowest BCUT2D eigenvalue weighted by atomic mass is 9.91. The quantitative estimate of drug-likeness (QED) is 0.493. The average Bonchev–Trinajstić information content (AvgIpc) is 2.71. The number of nitrogens with zero attached hydrogens (tertiary/aromatic N) is 2. The third kappa shape index (κ3) is 6.81. The van der Waals surface area contributed by atoms with Crippen LogP contribution in [0.4, 0.5) is 24.5 Å². The van der Waals surface area contributed by atoms with E-state index in [1.54, 1.807) is 6.92 Å². The van der Waals surface area contributed by atoms with Crippen molar-refractivity contribution >= 4 is 17.3 Å². The minimum atomic E-state index is -4.63. The van der Waals surface area contributed by atoms with E-state index in [4.69, 9.17) is 14.6 Å². The van der Waals surface area contributed by atoms with E-state index >= 15 is 0 Å². The summed E-state index contributed by atoms with van der Waals surface area (Å²) in [7, 11) is 0. The van der Waals surface area contributed by atoms with Crippen molar-refractivity contribution in [1.29, 1.82) is 0 Å².